The fourth-order valence-corrected chi connectivity index (χ4v) is 2.93. The quantitative estimate of drug-likeness (QED) is 0.831. The van der Waals surface area contributed by atoms with Crippen molar-refractivity contribution in [3.8, 4) is 5.75 Å². The summed E-state index contributed by atoms with van der Waals surface area (Å²) in [6.07, 6.45) is 6.93. The van der Waals surface area contributed by atoms with Crippen LogP contribution in [0, 0.1) is 11.8 Å². The first-order valence-electron chi connectivity index (χ1n) is 7.26. The van der Waals surface area contributed by atoms with Gasteiger partial charge in [0.2, 0.25) is 0 Å². The number of hydrogen-bond acceptors (Lipinski definition) is 2. The summed E-state index contributed by atoms with van der Waals surface area (Å²) >= 11 is 0. The molecule has 0 spiro atoms. The van der Waals surface area contributed by atoms with Gasteiger partial charge in [-0.2, -0.15) is 0 Å². The Morgan fingerprint density at radius 1 is 1.17 bits per heavy atom. The molecule has 0 aromatic heterocycles. The Bertz CT molecular complexity index is 356. The molecule has 1 aromatic rings. The second kappa shape index (κ2) is 6.79. The Balaban J connectivity index is 1.67. The highest BCUT2D eigenvalue weighted by atomic mass is 16.3. The van der Waals surface area contributed by atoms with Gasteiger partial charge in [-0.25, -0.2) is 0 Å². The molecule has 0 aliphatic heterocycles. The standard InChI is InChI=1S/C16H25NO/c1-2-13-6-8-14(9-7-13)11-17-12-15-4-3-5-16(18)10-15/h3-5,10,13-14,17-18H,2,6-9,11-12H2,1H3. The molecule has 0 bridgehead atoms. The van der Waals surface area contributed by atoms with Gasteiger partial charge < -0.3 is 10.4 Å². The molecule has 1 fully saturated rings. The van der Waals surface area contributed by atoms with Crippen molar-refractivity contribution >= 4 is 0 Å². The third-order valence-electron chi connectivity index (χ3n) is 4.22. The van der Waals surface area contributed by atoms with E-state index in [0.717, 1.165) is 30.5 Å². The lowest BCUT2D eigenvalue weighted by atomic mass is 9.81. The molecule has 1 saturated carbocycles. The Morgan fingerprint density at radius 3 is 2.56 bits per heavy atom. The molecule has 0 amide bonds. The molecular formula is C16H25NO. The molecule has 0 radical (unpaired) electrons. The summed E-state index contributed by atoms with van der Waals surface area (Å²) in [5.41, 5.74) is 1.16. The topological polar surface area (TPSA) is 32.3 Å². The zero-order chi connectivity index (χ0) is 12.8. The zero-order valence-corrected chi connectivity index (χ0v) is 11.4. The summed E-state index contributed by atoms with van der Waals surface area (Å²) in [5, 5.41) is 12.9. The van der Waals surface area contributed by atoms with E-state index in [1.165, 1.54) is 32.1 Å². The number of phenols is 1. The molecule has 1 aromatic carbocycles. The predicted molar refractivity (Wildman–Crippen MR) is 75.6 cm³/mol. The monoisotopic (exact) mass is 247 g/mol. The van der Waals surface area contributed by atoms with Gasteiger partial charge in [-0.05, 0) is 48.9 Å². The largest absolute Gasteiger partial charge is 0.508 e. The summed E-state index contributed by atoms with van der Waals surface area (Å²) in [5.74, 6) is 2.19. The summed E-state index contributed by atoms with van der Waals surface area (Å²) in [7, 11) is 0. The minimum Gasteiger partial charge on any atom is -0.508 e. The highest BCUT2D eigenvalue weighted by molar-refractivity contribution is 5.26. The van der Waals surface area contributed by atoms with E-state index >= 15 is 0 Å². The average molecular weight is 247 g/mol. The number of rotatable bonds is 5. The SMILES string of the molecule is CCC1CCC(CNCc2cccc(O)c2)CC1. The van der Waals surface area contributed by atoms with Crippen molar-refractivity contribution in [3.63, 3.8) is 0 Å². The van der Waals surface area contributed by atoms with Gasteiger partial charge in [0.15, 0.2) is 0 Å². The fraction of sp³-hybridized carbons (Fsp3) is 0.625. The molecule has 1 aliphatic carbocycles. The Labute approximate surface area is 110 Å². The Kier molecular flexibility index (Phi) is 5.06. The van der Waals surface area contributed by atoms with E-state index in [9.17, 15) is 5.11 Å². The number of nitrogens with one attached hydrogen (secondary N) is 1. The van der Waals surface area contributed by atoms with Crippen LogP contribution in [-0.4, -0.2) is 11.7 Å². The first kappa shape index (κ1) is 13.4. The van der Waals surface area contributed by atoms with Crippen LogP contribution in [0.5, 0.6) is 5.75 Å². The molecule has 1 aliphatic rings. The van der Waals surface area contributed by atoms with Gasteiger partial charge in [-0.15, -0.1) is 0 Å². The molecule has 0 saturated heterocycles. The van der Waals surface area contributed by atoms with Crippen molar-refractivity contribution in [1.29, 1.82) is 0 Å². The van der Waals surface area contributed by atoms with Crippen LogP contribution in [0.4, 0.5) is 0 Å². The van der Waals surface area contributed by atoms with Crippen LogP contribution in [0.1, 0.15) is 44.6 Å². The van der Waals surface area contributed by atoms with E-state index in [0.29, 0.717) is 5.75 Å². The van der Waals surface area contributed by atoms with Crippen LogP contribution in [0.15, 0.2) is 24.3 Å². The van der Waals surface area contributed by atoms with Crippen molar-refractivity contribution in [2.45, 2.75) is 45.6 Å². The Hall–Kier alpha value is -1.02. The van der Waals surface area contributed by atoms with Gasteiger partial charge in [-0.1, -0.05) is 38.3 Å². The van der Waals surface area contributed by atoms with E-state index < -0.39 is 0 Å². The maximum Gasteiger partial charge on any atom is 0.115 e. The molecule has 2 N–H and O–H groups in total. The van der Waals surface area contributed by atoms with Crippen LogP contribution in [0.3, 0.4) is 0 Å². The van der Waals surface area contributed by atoms with Crippen molar-refractivity contribution in [1.82, 2.24) is 5.32 Å². The van der Waals surface area contributed by atoms with Crippen LogP contribution >= 0.6 is 0 Å². The van der Waals surface area contributed by atoms with E-state index in [1.54, 1.807) is 6.07 Å². The van der Waals surface area contributed by atoms with Gasteiger partial charge >= 0.3 is 0 Å². The number of benzene rings is 1. The van der Waals surface area contributed by atoms with Crippen LogP contribution in [0.25, 0.3) is 0 Å². The zero-order valence-electron chi connectivity index (χ0n) is 11.4. The lowest BCUT2D eigenvalue weighted by Crippen LogP contribution is -2.26. The minimum absolute atomic E-state index is 0.359. The summed E-state index contributed by atoms with van der Waals surface area (Å²) in [6.45, 7) is 4.29. The maximum atomic E-state index is 9.39. The van der Waals surface area contributed by atoms with Gasteiger partial charge in [0.1, 0.15) is 5.75 Å². The summed E-state index contributed by atoms with van der Waals surface area (Å²) in [6, 6.07) is 7.51. The third kappa shape index (κ3) is 4.02. The van der Waals surface area contributed by atoms with Gasteiger partial charge in [-0.3, -0.25) is 0 Å². The molecule has 100 valence electrons. The van der Waals surface area contributed by atoms with Crippen molar-refractivity contribution in [2.75, 3.05) is 6.54 Å². The second-order valence-electron chi connectivity index (χ2n) is 5.60. The van der Waals surface area contributed by atoms with E-state index in [2.05, 4.69) is 18.3 Å². The maximum absolute atomic E-state index is 9.39. The number of phenolic OH excluding ortho intramolecular Hbond substituents is 1. The van der Waals surface area contributed by atoms with Crippen LogP contribution in [-0.2, 0) is 6.54 Å². The molecule has 2 heteroatoms. The Morgan fingerprint density at radius 2 is 1.89 bits per heavy atom. The van der Waals surface area contributed by atoms with E-state index in [1.807, 2.05) is 12.1 Å². The smallest absolute Gasteiger partial charge is 0.115 e. The van der Waals surface area contributed by atoms with Crippen LogP contribution in [0.2, 0.25) is 0 Å². The summed E-state index contributed by atoms with van der Waals surface area (Å²) in [4.78, 5) is 0. The summed E-state index contributed by atoms with van der Waals surface area (Å²) < 4.78 is 0. The second-order valence-corrected chi connectivity index (χ2v) is 5.60. The van der Waals surface area contributed by atoms with Gasteiger partial charge in [0.25, 0.3) is 0 Å². The molecule has 0 unspecified atom stereocenters. The van der Waals surface area contributed by atoms with Crippen molar-refractivity contribution < 1.29 is 5.11 Å². The van der Waals surface area contributed by atoms with Crippen LogP contribution < -0.4 is 5.32 Å². The third-order valence-corrected chi connectivity index (χ3v) is 4.22. The first-order valence-corrected chi connectivity index (χ1v) is 7.26. The van der Waals surface area contributed by atoms with E-state index in [4.69, 9.17) is 0 Å². The molecule has 18 heavy (non-hydrogen) atoms. The molecule has 0 heterocycles. The molecule has 0 atom stereocenters. The van der Waals surface area contributed by atoms with Crippen molar-refractivity contribution in [3.05, 3.63) is 29.8 Å². The lowest BCUT2D eigenvalue weighted by molar-refractivity contribution is 0.262. The predicted octanol–water partition coefficient (Wildman–Crippen LogP) is 3.70. The highest BCUT2D eigenvalue weighted by Gasteiger charge is 2.19. The molecule has 2 rings (SSSR count). The highest BCUT2D eigenvalue weighted by Crippen LogP contribution is 2.30. The fourth-order valence-electron chi connectivity index (χ4n) is 2.93. The molecular weight excluding hydrogens is 222 g/mol. The van der Waals surface area contributed by atoms with Crippen molar-refractivity contribution in [2.24, 2.45) is 11.8 Å². The average Bonchev–Trinajstić information content (AvgIpc) is 2.40. The van der Waals surface area contributed by atoms with Gasteiger partial charge in [0.05, 0.1) is 0 Å². The van der Waals surface area contributed by atoms with E-state index in [-0.39, 0.29) is 0 Å². The molecule has 2 nitrogen and oxygen atoms in total. The normalized spacial score (nSPS) is 24.1. The lowest BCUT2D eigenvalue weighted by Gasteiger charge is -2.27. The number of hydrogen-bond donors (Lipinski definition) is 2. The first-order chi connectivity index (χ1) is 8.78. The number of aromatic hydroxyl groups is 1. The minimum atomic E-state index is 0.359. The van der Waals surface area contributed by atoms with Gasteiger partial charge in [0, 0.05) is 6.54 Å².